The van der Waals surface area contributed by atoms with Gasteiger partial charge in [0.05, 0.1) is 10.8 Å². The van der Waals surface area contributed by atoms with Gasteiger partial charge in [-0.3, -0.25) is 19.7 Å². The van der Waals surface area contributed by atoms with Crippen molar-refractivity contribution in [2.24, 2.45) is 5.92 Å². The zero-order chi connectivity index (χ0) is 24.1. The minimum absolute atomic E-state index is 0.0281. The molecule has 1 unspecified atom stereocenters. The summed E-state index contributed by atoms with van der Waals surface area (Å²) in [5.74, 6) is -0.0797. The maximum Gasteiger partial charge on any atom is 0.269 e. The molecular formula is C25H22ClN3O5. The largest absolute Gasteiger partial charge is 0.489 e. The van der Waals surface area contributed by atoms with E-state index in [1.54, 1.807) is 53.4 Å². The molecule has 1 N–H and O–H groups in total. The SMILES string of the molecule is O=C(NCc1ccc(Cl)cc1)C1CC(=O)N(c2ccc(OCc3ccc([N+](=O)[O-])cc3)cc2)C1. The fourth-order valence-corrected chi connectivity index (χ4v) is 3.80. The summed E-state index contributed by atoms with van der Waals surface area (Å²) >= 11 is 5.88. The van der Waals surface area contributed by atoms with E-state index in [2.05, 4.69) is 5.32 Å². The number of hydrogen-bond donors (Lipinski definition) is 1. The number of non-ortho nitro benzene ring substituents is 1. The van der Waals surface area contributed by atoms with E-state index in [1.165, 1.54) is 12.1 Å². The van der Waals surface area contributed by atoms with Gasteiger partial charge in [0, 0.05) is 42.4 Å². The Hall–Kier alpha value is -3.91. The zero-order valence-corrected chi connectivity index (χ0v) is 18.9. The maximum absolute atomic E-state index is 12.6. The Balaban J connectivity index is 1.29. The number of amides is 2. The van der Waals surface area contributed by atoms with Gasteiger partial charge in [-0.25, -0.2) is 0 Å². The fraction of sp³-hybridized carbons (Fsp3) is 0.200. The van der Waals surface area contributed by atoms with Gasteiger partial charge >= 0.3 is 0 Å². The monoisotopic (exact) mass is 479 g/mol. The molecule has 1 atom stereocenters. The summed E-state index contributed by atoms with van der Waals surface area (Å²) < 4.78 is 5.73. The molecule has 9 heteroatoms. The normalized spacial score (nSPS) is 15.3. The van der Waals surface area contributed by atoms with E-state index in [4.69, 9.17) is 16.3 Å². The van der Waals surface area contributed by atoms with Gasteiger partial charge in [0.15, 0.2) is 0 Å². The van der Waals surface area contributed by atoms with Crippen LogP contribution in [-0.4, -0.2) is 23.3 Å². The molecule has 1 aliphatic heterocycles. The topological polar surface area (TPSA) is 102 Å². The first-order valence-corrected chi connectivity index (χ1v) is 11.1. The van der Waals surface area contributed by atoms with Crippen LogP contribution >= 0.6 is 11.6 Å². The van der Waals surface area contributed by atoms with Crippen LogP contribution in [0.25, 0.3) is 0 Å². The van der Waals surface area contributed by atoms with Crippen LogP contribution in [0.4, 0.5) is 11.4 Å². The minimum atomic E-state index is -0.448. The van der Waals surface area contributed by atoms with Crippen LogP contribution < -0.4 is 15.0 Å². The van der Waals surface area contributed by atoms with Crippen molar-refractivity contribution in [1.82, 2.24) is 5.32 Å². The predicted molar refractivity (Wildman–Crippen MR) is 128 cm³/mol. The zero-order valence-electron chi connectivity index (χ0n) is 18.1. The van der Waals surface area contributed by atoms with Crippen LogP contribution in [0.1, 0.15) is 17.5 Å². The van der Waals surface area contributed by atoms with E-state index < -0.39 is 10.8 Å². The van der Waals surface area contributed by atoms with E-state index in [0.717, 1.165) is 11.1 Å². The van der Waals surface area contributed by atoms with E-state index in [0.29, 0.717) is 29.5 Å². The summed E-state index contributed by atoms with van der Waals surface area (Å²) in [6, 6.07) is 20.4. The number of rotatable bonds is 8. The molecule has 3 aromatic rings. The van der Waals surface area contributed by atoms with Crippen LogP contribution in [0.5, 0.6) is 5.75 Å². The number of carbonyl (C=O) groups excluding carboxylic acids is 2. The van der Waals surface area contributed by atoms with Gasteiger partial charge in [-0.15, -0.1) is 0 Å². The van der Waals surface area contributed by atoms with Crippen molar-refractivity contribution in [3.63, 3.8) is 0 Å². The van der Waals surface area contributed by atoms with Crippen molar-refractivity contribution in [2.45, 2.75) is 19.6 Å². The summed E-state index contributed by atoms with van der Waals surface area (Å²) in [4.78, 5) is 37.0. The summed E-state index contributed by atoms with van der Waals surface area (Å²) in [6.07, 6.45) is 0.158. The first kappa shape index (κ1) is 23.3. The Labute approximate surface area is 201 Å². The summed E-state index contributed by atoms with van der Waals surface area (Å²) in [5, 5.41) is 14.3. The summed E-state index contributed by atoms with van der Waals surface area (Å²) in [7, 11) is 0. The summed E-state index contributed by atoms with van der Waals surface area (Å²) in [6.45, 7) is 0.950. The fourth-order valence-electron chi connectivity index (χ4n) is 3.67. The number of halogens is 1. The number of carbonyl (C=O) groups is 2. The van der Waals surface area contributed by atoms with Crippen LogP contribution in [0, 0.1) is 16.0 Å². The number of nitro benzene ring substituents is 1. The molecule has 4 rings (SSSR count). The number of hydrogen-bond acceptors (Lipinski definition) is 5. The van der Waals surface area contributed by atoms with Crippen LogP contribution in [0.15, 0.2) is 72.8 Å². The van der Waals surface area contributed by atoms with Gasteiger partial charge in [-0.2, -0.15) is 0 Å². The second-order valence-corrected chi connectivity index (χ2v) is 8.39. The molecule has 1 heterocycles. The molecule has 0 bridgehead atoms. The van der Waals surface area contributed by atoms with Crippen molar-refractivity contribution in [1.29, 1.82) is 0 Å². The number of nitro groups is 1. The molecule has 0 aliphatic carbocycles. The van der Waals surface area contributed by atoms with E-state index in [-0.39, 0.29) is 30.5 Å². The molecule has 0 aromatic heterocycles. The Morgan fingerprint density at radius 2 is 1.68 bits per heavy atom. The molecule has 3 aromatic carbocycles. The molecule has 1 saturated heterocycles. The highest BCUT2D eigenvalue weighted by atomic mass is 35.5. The quantitative estimate of drug-likeness (QED) is 0.378. The highest BCUT2D eigenvalue weighted by Crippen LogP contribution is 2.27. The van der Waals surface area contributed by atoms with Crippen LogP contribution in [0.2, 0.25) is 5.02 Å². The van der Waals surface area contributed by atoms with Gasteiger partial charge < -0.3 is 15.0 Å². The van der Waals surface area contributed by atoms with E-state index in [9.17, 15) is 19.7 Å². The molecule has 1 fully saturated rings. The third-order valence-corrected chi connectivity index (χ3v) is 5.83. The standard InChI is InChI=1S/C25H22ClN3O5/c26-20-5-1-17(2-6-20)14-27-25(31)19-13-24(30)28(15-19)21-9-11-23(12-10-21)34-16-18-3-7-22(8-4-18)29(32)33/h1-12,19H,13-16H2,(H,27,31). The highest BCUT2D eigenvalue weighted by Gasteiger charge is 2.35. The third-order valence-electron chi connectivity index (χ3n) is 5.58. The Morgan fingerprint density at radius 1 is 1.03 bits per heavy atom. The van der Waals surface area contributed by atoms with Crippen LogP contribution in [0.3, 0.4) is 0 Å². The number of benzene rings is 3. The number of anilines is 1. The average molecular weight is 480 g/mol. The number of nitrogens with zero attached hydrogens (tertiary/aromatic N) is 2. The van der Waals surface area contributed by atoms with Crippen molar-refractivity contribution < 1.29 is 19.2 Å². The van der Waals surface area contributed by atoms with E-state index in [1.807, 2.05) is 12.1 Å². The van der Waals surface area contributed by atoms with Crippen molar-refractivity contribution in [2.75, 3.05) is 11.4 Å². The molecule has 1 aliphatic rings. The molecule has 0 radical (unpaired) electrons. The number of nitrogens with one attached hydrogen (secondary N) is 1. The van der Waals surface area contributed by atoms with Crippen molar-refractivity contribution in [3.8, 4) is 5.75 Å². The third kappa shape index (κ3) is 5.71. The summed E-state index contributed by atoms with van der Waals surface area (Å²) in [5.41, 5.74) is 2.46. The van der Waals surface area contributed by atoms with Crippen LogP contribution in [-0.2, 0) is 22.7 Å². The van der Waals surface area contributed by atoms with E-state index >= 15 is 0 Å². The second-order valence-electron chi connectivity index (χ2n) is 7.96. The molecule has 34 heavy (non-hydrogen) atoms. The molecule has 0 spiro atoms. The second kappa shape index (κ2) is 10.4. The average Bonchev–Trinajstić information content (AvgIpc) is 3.24. The first-order chi connectivity index (χ1) is 16.4. The molecule has 2 amide bonds. The lowest BCUT2D eigenvalue weighted by Crippen LogP contribution is -2.32. The maximum atomic E-state index is 12.6. The number of ether oxygens (including phenoxy) is 1. The lowest BCUT2D eigenvalue weighted by molar-refractivity contribution is -0.384. The van der Waals surface area contributed by atoms with Crippen molar-refractivity contribution in [3.05, 3.63) is 99.1 Å². The first-order valence-electron chi connectivity index (χ1n) is 10.7. The van der Waals surface area contributed by atoms with Gasteiger partial charge in [0.25, 0.3) is 5.69 Å². The molecular weight excluding hydrogens is 458 g/mol. The lowest BCUT2D eigenvalue weighted by atomic mass is 10.1. The van der Waals surface area contributed by atoms with Crippen molar-refractivity contribution >= 4 is 34.8 Å². The predicted octanol–water partition coefficient (Wildman–Crippen LogP) is 4.50. The van der Waals surface area contributed by atoms with Gasteiger partial charge in [0.1, 0.15) is 12.4 Å². The van der Waals surface area contributed by atoms with Gasteiger partial charge in [0.2, 0.25) is 11.8 Å². The Morgan fingerprint density at radius 3 is 2.32 bits per heavy atom. The smallest absolute Gasteiger partial charge is 0.269 e. The Bertz CT molecular complexity index is 1180. The lowest BCUT2D eigenvalue weighted by Gasteiger charge is -2.17. The Kier molecular flexibility index (Phi) is 7.08. The molecule has 174 valence electrons. The highest BCUT2D eigenvalue weighted by molar-refractivity contribution is 6.30. The molecule has 0 saturated carbocycles. The molecule has 8 nitrogen and oxygen atoms in total. The van der Waals surface area contributed by atoms with Gasteiger partial charge in [-0.1, -0.05) is 23.7 Å². The minimum Gasteiger partial charge on any atom is -0.489 e. The van der Waals surface area contributed by atoms with Gasteiger partial charge in [-0.05, 0) is 59.7 Å².